The molecule has 5 heteroatoms. The molecule has 0 aliphatic heterocycles. The number of hydrogen-bond donors (Lipinski definition) is 2. The second-order valence-corrected chi connectivity index (χ2v) is 8.07. The molecule has 0 spiro atoms. The standard InChI is InChI=1S/C23H29NO4/c1-16-10-11-20(21(25)13-16)22(26)28-19-9-6-8-17(14-19)23(27)12-5-4-7-18(23)15-24(2)3/h6,8-11,13-14,18,25,27H,4-5,7,12,15H2,1-3H3/t18?,23-/m1/s1. The van der Waals surface area contributed by atoms with Crippen LogP contribution < -0.4 is 4.74 Å². The number of carbonyl (C=O) groups is 1. The summed E-state index contributed by atoms with van der Waals surface area (Å²) in [6.07, 6.45) is 3.75. The molecule has 1 unspecified atom stereocenters. The van der Waals surface area contributed by atoms with Gasteiger partial charge in [-0.25, -0.2) is 4.79 Å². The molecule has 0 heterocycles. The largest absolute Gasteiger partial charge is 0.507 e. The van der Waals surface area contributed by atoms with Crippen molar-refractivity contribution in [1.82, 2.24) is 4.90 Å². The summed E-state index contributed by atoms with van der Waals surface area (Å²) in [6.45, 7) is 2.64. The molecule has 1 fully saturated rings. The van der Waals surface area contributed by atoms with Crippen LogP contribution in [0.1, 0.15) is 47.2 Å². The van der Waals surface area contributed by atoms with Gasteiger partial charge in [0, 0.05) is 12.5 Å². The van der Waals surface area contributed by atoms with Crippen LogP contribution in [0.25, 0.3) is 0 Å². The fraction of sp³-hybridized carbons (Fsp3) is 0.435. The van der Waals surface area contributed by atoms with Crippen LogP contribution >= 0.6 is 0 Å². The monoisotopic (exact) mass is 383 g/mol. The van der Waals surface area contributed by atoms with Gasteiger partial charge in [-0.05, 0) is 69.3 Å². The zero-order valence-corrected chi connectivity index (χ0v) is 16.8. The van der Waals surface area contributed by atoms with E-state index in [-0.39, 0.29) is 17.2 Å². The number of aliphatic hydroxyl groups is 1. The molecular weight excluding hydrogens is 354 g/mol. The number of rotatable bonds is 5. The van der Waals surface area contributed by atoms with Gasteiger partial charge in [-0.3, -0.25) is 0 Å². The fourth-order valence-corrected chi connectivity index (χ4v) is 4.10. The summed E-state index contributed by atoms with van der Waals surface area (Å²) in [5, 5.41) is 21.5. The molecule has 0 radical (unpaired) electrons. The highest BCUT2D eigenvalue weighted by Gasteiger charge is 2.40. The molecule has 1 saturated carbocycles. The summed E-state index contributed by atoms with van der Waals surface area (Å²) in [4.78, 5) is 14.6. The lowest BCUT2D eigenvalue weighted by Crippen LogP contribution is -2.43. The maximum Gasteiger partial charge on any atom is 0.347 e. The van der Waals surface area contributed by atoms with Crippen LogP contribution in [0.4, 0.5) is 0 Å². The molecule has 5 nitrogen and oxygen atoms in total. The lowest BCUT2D eigenvalue weighted by atomic mass is 9.71. The minimum atomic E-state index is -0.934. The summed E-state index contributed by atoms with van der Waals surface area (Å²) >= 11 is 0. The Hall–Kier alpha value is -2.37. The van der Waals surface area contributed by atoms with Crippen molar-refractivity contribution in [3.05, 3.63) is 59.2 Å². The Balaban J connectivity index is 1.84. The molecule has 2 N–H and O–H groups in total. The van der Waals surface area contributed by atoms with Crippen molar-refractivity contribution in [1.29, 1.82) is 0 Å². The Morgan fingerprint density at radius 1 is 1.21 bits per heavy atom. The van der Waals surface area contributed by atoms with Gasteiger partial charge in [0.2, 0.25) is 0 Å². The molecule has 28 heavy (non-hydrogen) atoms. The average Bonchev–Trinajstić information content (AvgIpc) is 2.63. The van der Waals surface area contributed by atoms with Crippen molar-refractivity contribution in [3.8, 4) is 11.5 Å². The number of aromatic hydroxyl groups is 1. The minimum Gasteiger partial charge on any atom is -0.507 e. The highest BCUT2D eigenvalue weighted by Crippen LogP contribution is 2.42. The second-order valence-electron chi connectivity index (χ2n) is 8.07. The molecule has 2 aromatic carbocycles. The topological polar surface area (TPSA) is 70.0 Å². The number of aryl methyl sites for hydroxylation is 1. The number of esters is 1. The van der Waals surface area contributed by atoms with Crippen LogP contribution in [-0.2, 0) is 5.60 Å². The maximum absolute atomic E-state index is 12.5. The first-order chi connectivity index (χ1) is 13.3. The van der Waals surface area contributed by atoms with Crippen LogP contribution in [0.3, 0.4) is 0 Å². The van der Waals surface area contributed by atoms with Crippen molar-refractivity contribution < 1.29 is 19.7 Å². The highest BCUT2D eigenvalue weighted by atomic mass is 16.5. The Bertz CT molecular complexity index is 848. The third-order valence-electron chi connectivity index (χ3n) is 5.54. The van der Waals surface area contributed by atoms with Crippen LogP contribution in [0.5, 0.6) is 11.5 Å². The van der Waals surface area contributed by atoms with Crippen molar-refractivity contribution in [3.63, 3.8) is 0 Å². The predicted octanol–water partition coefficient (Wildman–Crippen LogP) is 3.86. The van der Waals surface area contributed by atoms with Crippen molar-refractivity contribution in [2.75, 3.05) is 20.6 Å². The highest BCUT2D eigenvalue weighted by molar-refractivity contribution is 5.93. The third kappa shape index (κ3) is 4.37. The number of phenolic OH excluding ortho intramolecular Hbond substituents is 1. The molecule has 1 aliphatic rings. The van der Waals surface area contributed by atoms with Crippen molar-refractivity contribution in [2.24, 2.45) is 5.92 Å². The third-order valence-corrected chi connectivity index (χ3v) is 5.54. The van der Waals surface area contributed by atoms with Gasteiger partial charge in [0.05, 0.1) is 5.60 Å². The number of carbonyl (C=O) groups excluding carboxylic acids is 1. The molecule has 0 amide bonds. The average molecular weight is 383 g/mol. The maximum atomic E-state index is 12.5. The van der Waals surface area contributed by atoms with E-state index in [2.05, 4.69) is 4.90 Å². The summed E-state index contributed by atoms with van der Waals surface area (Å²) in [5.74, 6) is -0.221. The smallest absolute Gasteiger partial charge is 0.347 e. The van der Waals surface area contributed by atoms with Crippen molar-refractivity contribution in [2.45, 2.75) is 38.2 Å². The van der Waals surface area contributed by atoms with E-state index in [0.29, 0.717) is 12.2 Å². The molecule has 3 rings (SSSR count). The lowest BCUT2D eigenvalue weighted by molar-refractivity contribution is -0.0619. The first-order valence-corrected chi connectivity index (χ1v) is 9.79. The second kappa shape index (κ2) is 8.33. The number of benzene rings is 2. The zero-order valence-electron chi connectivity index (χ0n) is 16.8. The van der Waals surface area contributed by atoms with Crippen molar-refractivity contribution >= 4 is 5.97 Å². The van der Waals surface area contributed by atoms with E-state index in [1.165, 1.54) is 6.07 Å². The number of nitrogens with zero attached hydrogens (tertiary/aromatic N) is 1. The number of phenols is 1. The summed E-state index contributed by atoms with van der Waals surface area (Å²) < 4.78 is 5.49. The first-order valence-electron chi connectivity index (χ1n) is 9.79. The van der Waals surface area contributed by atoms with Gasteiger partial charge in [-0.1, -0.05) is 31.0 Å². The fourth-order valence-electron chi connectivity index (χ4n) is 4.10. The van der Waals surface area contributed by atoms with E-state index in [9.17, 15) is 15.0 Å². The van der Waals surface area contributed by atoms with Gasteiger partial charge in [0.25, 0.3) is 0 Å². The quantitative estimate of drug-likeness (QED) is 0.606. The van der Waals surface area contributed by atoms with E-state index in [4.69, 9.17) is 4.74 Å². The normalized spacial score (nSPS) is 22.2. The van der Waals surface area contributed by atoms with Crippen LogP contribution in [0.2, 0.25) is 0 Å². The van der Waals surface area contributed by atoms with Gasteiger partial charge in [0.1, 0.15) is 17.1 Å². The molecule has 150 valence electrons. The van der Waals surface area contributed by atoms with Gasteiger partial charge < -0.3 is 19.8 Å². The van der Waals surface area contributed by atoms with E-state index in [1.807, 2.05) is 27.1 Å². The zero-order chi connectivity index (χ0) is 20.3. The Kier molecular flexibility index (Phi) is 6.06. The van der Waals surface area contributed by atoms with E-state index in [0.717, 1.165) is 36.9 Å². The Labute approximate surface area is 166 Å². The van der Waals surface area contributed by atoms with Gasteiger partial charge >= 0.3 is 5.97 Å². The molecule has 0 bridgehead atoms. The lowest BCUT2D eigenvalue weighted by Gasteiger charge is -2.41. The molecule has 0 saturated heterocycles. The summed E-state index contributed by atoms with van der Waals surface area (Å²) in [5.41, 5.74) is 0.828. The van der Waals surface area contributed by atoms with Gasteiger partial charge in [-0.2, -0.15) is 0 Å². The van der Waals surface area contributed by atoms with E-state index in [1.54, 1.807) is 30.3 Å². The molecular formula is C23H29NO4. The predicted molar refractivity (Wildman–Crippen MR) is 109 cm³/mol. The van der Waals surface area contributed by atoms with Crippen LogP contribution in [0.15, 0.2) is 42.5 Å². The summed E-state index contributed by atoms with van der Waals surface area (Å²) in [7, 11) is 4.03. The molecule has 1 aliphatic carbocycles. The van der Waals surface area contributed by atoms with Crippen LogP contribution in [-0.4, -0.2) is 41.7 Å². The minimum absolute atomic E-state index is 0.0990. The summed E-state index contributed by atoms with van der Waals surface area (Å²) in [6, 6.07) is 12.0. The first kappa shape index (κ1) is 20.4. The van der Waals surface area contributed by atoms with Gasteiger partial charge in [-0.15, -0.1) is 0 Å². The van der Waals surface area contributed by atoms with Crippen LogP contribution in [0, 0.1) is 12.8 Å². The number of hydrogen-bond acceptors (Lipinski definition) is 5. The van der Waals surface area contributed by atoms with Gasteiger partial charge in [0.15, 0.2) is 0 Å². The Morgan fingerprint density at radius 3 is 2.71 bits per heavy atom. The Morgan fingerprint density at radius 2 is 2.00 bits per heavy atom. The molecule has 2 atom stereocenters. The molecule has 2 aromatic rings. The number of ether oxygens (including phenoxy) is 1. The van der Waals surface area contributed by atoms with E-state index >= 15 is 0 Å². The molecule has 0 aromatic heterocycles. The SMILES string of the molecule is Cc1ccc(C(=O)Oc2cccc([C@]3(O)CCCCC3CN(C)C)c2)c(O)c1. The van der Waals surface area contributed by atoms with E-state index < -0.39 is 11.6 Å².